The van der Waals surface area contributed by atoms with Crippen molar-refractivity contribution >= 4 is 45.2 Å². The monoisotopic (exact) mass is 441 g/mol. The van der Waals surface area contributed by atoms with Crippen molar-refractivity contribution in [3.05, 3.63) is 35.4 Å². The Kier molecular flexibility index (Phi) is 5.94. The molecule has 28 heavy (non-hydrogen) atoms. The SMILES string of the molecule is O=C(OCC(=O)N(C1CC1)C1CCS(=O)(=O)C1)c1ccc(C2SCCS2)cc1. The van der Waals surface area contributed by atoms with E-state index in [1.807, 2.05) is 35.7 Å². The fourth-order valence-electron chi connectivity index (χ4n) is 3.67. The topological polar surface area (TPSA) is 80.8 Å². The minimum atomic E-state index is -3.07. The van der Waals surface area contributed by atoms with E-state index in [2.05, 4.69) is 0 Å². The molecule has 1 aromatic carbocycles. The maximum Gasteiger partial charge on any atom is 0.338 e. The van der Waals surface area contributed by atoms with E-state index in [9.17, 15) is 18.0 Å². The molecule has 152 valence electrons. The van der Waals surface area contributed by atoms with Gasteiger partial charge in [-0.25, -0.2) is 13.2 Å². The minimum absolute atomic E-state index is 0.0157. The smallest absolute Gasteiger partial charge is 0.338 e. The summed E-state index contributed by atoms with van der Waals surface area (Å²) in [7, 11) is -3.07. The van der Waals surface area contributed by atoms with Gasteiger partial charge in [0.1, 0.15) is 0 Å². The summed E-state index contributed by atoms with van der Waals surface area (Å²) in [6, 6.07) is 7.16. The second-order valence-corrected chi connectivity index (χ2v) is 12.3. The van der Waals surface area contributed by atoms with Gasteiger partial charge in [0.15, 0.2) is 16.4 Å². The third-order valence-electron chi connectivity index (χ3n) is 5.20. The summed E-state index contributed by atoms with van der Waals surface area (Å²) in [5.41, 5.74) is 1.61. The van der Waals surface area contributed by atoms with Gasteiger partial charge in [-0.3, -0.25) is 4.79 Å². The summed E-state index contributed by atoms with van der Waals surface area (Å²) < 4.78 is 29.2. The molecule has 1 atom stereocenters. The molecule has 0 N–H and O–H groups in total. The maximum atomic E-state index is 12.6. The lowest BCUT2D eigenvalue weighted by atomic mass is 10.1. The first-order valence-electron chi connectivity index (χ1n) is 9.45. The molecule has 0 radical (unpaired) electrons. The van der Waals surface area contributed by atoms with Crippen molar-refractivity contribution < 1.29 is 22.7 Å². The Morgan fingerprint density at radius 3 is 2.29 bits per heavy atom. The maximum absolute atomic E-state index is 12.6. The fraction of sp³-hybridized carbons (Fsp3) is 0.579. The number of ether oxygens (including phenoxy) is 1. The molecule has 1 aromatic rings. The van der Waals surface area contributed by atoms with Crippen LogP contribution in [0.1, 0.15) is 39.8 Å². The van der Waals surface area contributed by atoms with E-state index in [0.717, 1.165) is 24.3 Å². The zero-order valence-electron chi connectivity index (χ0n) is 15.4. The van der Waals surface area contributed by atoms with Gasteiger partial charge in [-0.2, -0.15) is 0 Å². The fourth-order valence-corrected chi connectivity index (χ4v) is 8.24. The minimum Gasteiger partial charge on any atom is -0.452 e. The number of esters is 1. The molecule has 2 aliphatic heterocycles. The summed E-state index contributed by atoms with van der Waals surface area (Å²) in [6.45, 7) is -0.345. The van der Waals surface area contributed by atoms with Gasteiger partial charge in [0.05, 0.1) is 21.7 Å². The number of carbonyl (C=O) groups is 2. The van der Waals surface area contributed by atoms with E-state index in [4.69, 9.17) is 4.74 Å². The molecule has 0 aromatic heterocycles. The summed E-state index contributed by atoms with van der Waals surface area (Å²) >= 11 is 3.80. The molecule has 2 saturated heterocycles. The van der Waals surface area contributed by atoms with Crippen molar-refractivity contribution in [3.63, 3.8) is 0 Å². The second-order valence-electron chi connectivity index (χ2n) is 7.36. The van der Waals surface area contributed by atoms with E-state index in [-0.39, 0.29) is 36.1 Å². The highest BCUT2D eigenvalue weighted by Gasteiger charge is 2.42. The van der Waals surface area contributed by atoms with Crippen LogP contribution in [0.2, 0.25) is 0 Å². The third kappa shape index (κ3) is 4.68. The lowest BCUT2D eigenvalue weighted by Crippen LogP contribution is -2.44. The van der Waals surface area contributed by atoms with Crippen LogP contribution in [-0.2, 0) is 19.4 Å². The first-order valence-corrected chi connectivity index (χ1v) is 13.4. The number of sulfone groups is 1. The molecule has 1 saturated carbocycles. The number of benzene rings is 1. The van der Waals surface area contributed by atoms with E-state index in [1.54, 1.807) is 17.0 Å². The number of amides is 1. The van der Waals surface area contributed by atoms with Crippen LogP contribution in [0.3, 0.4) is 0 Å². The average Bonchev–Trinajstić information content (AvgIpc) is 3.21. The van der Waals surface area contributed by atoms with Crippen LogP contribution >= 0.6 is 23.5 Å². The summed E-state index contributed by atoms with van der Waals surface area (Å²) in [5, 5.41) is 0. The Labute approximate surface area is 173 Å². The first kappa shape index (κ1) is 20.1. The zero-order chi connectivity index (χ0) is 19.7. The highest BCUT2D eigenvalue weighted by Crippen LogP contribution is 2.45. The lowest BCUT2D eigenvalue weighted by Gasteiger charge is -2.28. The molecular weight excluding hydrogens is 418 g/mol. The predicted octanol–water partition coefficient (Wildman–Crippen LogP) is 2.50. The Morgan fingerprint density at radius 2 is 1.71 bits per heavy atom. The number of thioether (sulfide) groups is 2. The Hall–Kier alpha value is -1.19. The predicted molar refractivity (Wildman–Crippen MR) is 111 cm³/mol. The number of hydrogen-bond acceptors (Lipinski definition) is 7. The summed E-state index contributed by atoms with van der Waals surface area (Å²) in [6.07, 6.45) is 2.24. The van der Waals surface area contributed by atoms with E-state index < -0.39 is 15.8 Å². The van der Waals surface area contributed by atoms with Crippen LogP contribution in [0.4, 0.5) is 0 Å². The van der Waals surface area contributed by atoms with Crippen molar-refractivity contribution in [2.24, 2.45) is 0 Å². The molecular formula is C19H23NO5S3. The molecule has 6 nitrogen and oxygen atoms in total. The summed E-state index contributed by atoms with van der Waals surface area (Å²) in [4.78, 5) is 26.6. The van der Waals surface area contributed by atoms with Crippen molar-refractivity contribution in [1.29, 1.82) is 0 Å². The van der Waals surface area contributed by atoms with Crippen molar-refractivity contribution in [1.82, 2.24) is 4.90 Å². The highest BCUT2D eigenvalue weighted by molar-refractivity contribution is 8.19. The van der Waals surface area contributed by atoms with Gasteiger partial charge >= 0.3 is 5.97 Å². The van der Waals surface area contributed by atoms with Crippen LogP contribution in [0.5, 0.6) is 0 Å². The third-order valence-corrected chi connectivity index (χ3v) is 10.1. The molecule has 1 amide bonds. The van der Waals surface area contributed by atoms with Gasteiger partial charge in [0.25, 0.3) is 5.91 Å². The van der Waals surface area contributed by atoms with Crippen LogP contribution < -0.4 is 0 Å². The Morgan fingerprint density at radius 1 is 1.04 bits per heavy atom. The number of hydrogen-bond donors (Lipinski definition) is 0. The molecule has 3 aliphatic rings. The molecule has 4 rings (SSSR count). The van der Waals surface area contributed by atoms with E-state index >= 15 is 0 Å². The second kappa shape index (κ2) is 8.28. The molecule has 0 bridgehead atoms. The van der Waals surface area contributed by atoms with Crippen molar-refractivity contribution in [2.45, 2.75) is 35.9 Å². The zero-order valence-corrected chi connectivity index (χ0v) is 17.9. The van der Waals surface area contributed by atoms with Gasteiger partial charge in [-0.1, -0.05) is 12.1 Å². The number of carbonyl (C=O) groups excluding carboxylic acids is 2. The summed E-state index contributed by atoms with van der Waals surface area (Å²) in [5.74, 6) is 1.59. The number of rotatable bonds is 6. The number of nitrogens with zero attached hydrogens (tertiary/aromatic N) is 1. The average molecular weight is 442 g/mol. The molecule has 3 fully saturated rings. The molecule has 1 unspecified atom stereocenters. The quantitative estimate of drug-likeness (QED) is 0.628. The van der Waals surface area contributed by atoms with Crippen LogP contribution in [0.15, 0.2) is 24.3 Å². The van der Waals surface area contributed by atoms with Gasteiger partial charge in [-0.15, -0.1) is 23.5 Å². The Balaban J connectivity index is 1.33. The van der Waals surface area contributed by atoms with Gasteiger partial charge in [-0.05, 0) is 37.0 Å². The van der Waals surface area contributed by atoms with Crippen molar-refractivity contribution in [3.8, 4) is 0 Å². The highest BCUT2D eigenvalue weighted by atomic mass is 32.2. The van der Waals surface area contributed by atoms with E-state index in [1.165, 1.54) is 5.56 Å². The van der Waals surface area contributed by atoms with Gasteiger partial charge < -0.3 is 9.64 Å². The van der Waals surface area contributed by atoms with E-state index in [0.29, 0.717) is 16.6 Å². The molecule has 1 aliphatic carbocycles. The van der Waals surface area contributed by atoms with Crippen molar-refractivity contribution in [2.75, 3.05) is 29.6 Å². The molecule has 9 heteroatoms. The van der Waals surface area contributed by atoms with Gasteiger partial charge in [0, 0.05) is 23.6 Å². The Bertz CT molecular complexity index is 845. The van der Waals surface area contributed by atoms with Gasteiger partial charge in [0.2, 0.25) is 0 Å². The van der Waals surface area contributed by atoms with Crippen LogP contribution in [0, 0.1) is 0 Å². The van der Waals surface area contributed by atoms with Crippen LogP contribution in [0.25, 0.3) is 0 Å². The largest absolute Gasteiger partial charge is 0.452 e. The normalized spacial score (nSPS) is 24.2. The molecule has 0 spiro atoms. The molecule has 2 heterocycles. The first-order chi connectivity index (χ1) is 13.4. The standard InChI is InChI=1S/C19H23NO5S3/c21-17(20(15-5-6-15)16-7-10-28(23,24)12-16)11-25-18(22)13-1-3-14(4-2-13)19-26-8-9-27-19/h1-4,15-16,19H,5-12H2. The lowest BCUT2D eigenvalue weighted by molar-refractivity contribution is -0.137. The van der Waals surface area contributed by atoms with Crippen LogP contribution in [-0.4, -0.2) is 66.9 Å².